The molecule has 1 fully saturated rings. The zero-order valence-corrected chi connectivity index (χ0v) is 21.3. The van der Waals surface area contributed by atoms with Crippen LogP contribution in [0.5, 0.6) is 5.75 Å². The van der Waals surface area contributed by atoms with Gasteiger partial charge in [0.25, 0.3) is 0 Å². The molecule has 0 aliphatic heterocycles. The molecular weight excluding hydrogens is 516 g/mol. The van der Waals surface area contributed by atoms with Crippen molar-refractivity contribution in [2.24, 2.45) is 0 Å². The van der Waals surface area contributed by atoms with E-state index in [1.165, 1.54) is 29.6 Å². The summed E-state index contributed by atoms with van der Waals surface area (Å²) in [5.41, 5.74) is 0.932. The molecule has 1 N–H and O–H groups in total. The fraction of sp³-hybridized carbons (Fsp3) is 0.435. The van der Waals surface area contributed by atoms with E-state index < -0.39 is 10.0 Å². The maximum atomic E-state index is 13.6. The molecule has 1 saturated carbocycles. The van der Waals surface area contributed by atoms with Crippen molar-refractivity contribution >= 4 is 43.5 Å². The number of benzene rings is 2. The van der Waals surface area contributed by atoms with E-state index in [2.05, 4.69) is 21.2 Å². The molecule has 1 atom stereocenters. The van der Waals surface area contributed by atoms with Crippen LogP contribution in [-0.2, 0) is 14.8 Å². The van der Waals surface area contributed by atoms with E-state index in [4.69, 9.17) is 16.3 Å². The molecule has 0 saturated heterocycles. The molecule has 2 aromatic carbocycles. The van der Waals surface area contributed by atoms with Crippen LogP contribution in [0.25, 0.3) is 0 Å². The second-order valence-corrected chi connectivity index (χ2v) is 11.2. The number of ether oxygens (including phenoxy) is 1. The molecule has 32 heavy (non-hydrogen) atoms. The minimum absolute atomic E-state index is 0.0571. The van der Waals surface area contributed by atoms with Gasteiger partial charge in [0.2, 0.25) is 15.9 Å². The van der Waals surface area contributed by atoms with Crippen molar-refractivity contribution < 1.29 is 17.9 Å². The summed E-state index contributed by atoms with van der Waals surface area (Å²) in [6.07, 6.45) is 4.42. The van der Waals surface area contributed by atoms with Gasteiger partial charge in [-0.3, -0.25) is 4.79 Å². The highest BCUT2D eigenvalue weighted by atomic mass is 79.9. The standard InChI is InChI=1S/C23H28BrClN2O4S/c1-16(17-7-6-8-18(24)13-17)26-23(28)15-27(19-9-4-3-5-10-19)32(29,30)20-11-12-22(31-2)21(25)14-20/h6-8,11-14,16,19H,3-5,9-10,15H2,1-2H3,(H,26,28). The van der Waals surface area contributed by atoms with Crippen LogP contribution in [-0.4, -0.2) is 38.3 Å². The molecule has 3 rings (SSSR count). The molecule has 1 amide bonds. The summed E-state index contributed by atoms with van der Waals surface area (Å²) in [4.78, 5) is 13.0. The van der Waals surface area contributed by atoms with Gasteiger partial charge in [0, 0.05) is 10.5 Å². The Morgan fingerprint density at radius 3 is 2.56 bits per heavy atom. The Morgan fingerprint density at radius 2 is 1.94 bits per heavy atom. The predicted octanol–water partition coefficient (Wildman–Crippen LogP) is 5.31. The molecule has 1 aliphatic rings. The lowest BCUT2D eigenvalue weighted by Crippen LogP contribution is -2.47. The molecule has 1 aliphatic carbocycles. The summed E-state index contributed by atoms with van der Waals surface area (Å²) in [6, 6.07) is 11.6. The monoisotopic (exact) mass is 542 g/mol. The van der Waals surface area contributed by atoms with Gasteiger partial charge in [-0.15, -0.1) is 0 Å². The molecule has 1 unspecified atom stereocenters. The lowest BCUT2D eigenvalue weighted by atomic mass is 9.95. The first-order valence-corrected chi connectivity index (χ1v) is 13.2. The van der Waals surface area contributed by atoms with Crippen LogP contribution >= 0.6 is 27.5 Å². The Balaban J connectivity index is 1.84. The number of halogens is 2. The largest absolute Gasteiger partial charge is 0.495 e. The van der Waals surface area contributed by atoms with Crippen LogP contribution in [0.3, 0.4) is 0 Å². The summed E-state index contributed by atoms with van der Waals surface area (Å²) >= 11 is 9.63. The van der Waals surface area contributed by atoms with Crippen LogP contribution in [0.2, 0.25) is 5.02 Å². The van der Waals surface area contributed by atoms with Gasteiger partial charge in [-0.1, -0.05) is 58.9 Å². The first-order chi connectivity index (χ1) is 15.2. The van der Waals surface area contributed by atoms with Crippen LogP contribution in [0, 0.1) is 0 Å². The van der Waals surface area contributed by atoms with Gasteiger partial charge in [-0.25, -0.2) is 8.42 Å². The lowest BCUT2D eigenvalue weighted by molar-refractivity contribution is -0.122. The number of carbonyl (C=O) groups is 1. The third-order valence-corrected chi connectivity index (χ3v) is 8.42. The second-order valence-electron chi connectivity index (χ2n) is 7.98. The molecule has 0 aromatic heterocycles. The van der Waals surface area contributed by atoms with Gasteiger partial charge in [0.1, 0.15) is 5.75 Å². The second kappa shape index (κ2) is 11.0. The van der Waals surface area contributed by atoms with Gasteiger partial charge >= 0.3 is 0 Å². The van der Waals surface area contributed by atoms with Gasteiger partial charge in [-0.2, -0.15) is 4.31 Å². The van der Waals surface area contributed by atoms with Crippen molar-refractivity contribution in [2.75, 3.05) is 13.7 Å². The molecular formula is C23H28BrClN2O4S. The Morgan fingerprint density at radius 1 is 1.22 bits per heavy atom. The van der Waals surface area contributed by atoms with E-state index >= 15 is 0 Å². The summed E-state index contributed by atoms with van der Waals surface area (Å²) in [5, 5.41) is 3.15. The average molecular weight is 544 g/mol. The van der Waals surface area contributed by atoms with Crippen molar-refractivity contribution in [3.05, 3.63) is 57.5 Å². The molecule has 6 nitrogen and oxygen atoms in total. The highest BCUT2D eigenvalue weighted by Gasteiger charge is 2.34. The smallest absolute Gasteiger partial charge is 0.243 e. The Labute approximate surface area is 203 Å². The number of nitrogens with one attached hydrogen (secondary N) is 1. The molecule has 2 aromatic rings. The number of nitrogens with zero attached hydrogens (tertiary/aromatic N) is 1. The van der Waals surface area contributed by atoms with Gasteiger partial charge in [0.15, 0.2) is 0 Å². The third kappa shape index (κ3) is 6.04. The van der Waals surface area contributed by atoms with E-state index in [1.807, 2.05) is 31.2 Å². The van der Waals surface area contributed by atoms with Crippen molar-refractivity contribution in [3.63, 3.8) is 0 Å². The van der Waals surface area contributed by atoms with Crippen LogP contribution in [0.4, 0.5) is 0 Å². The zero-order valence-electron chi connectivity index (χ0n) is 18.2. The van der Waals surface area contributed by atoms with E-state index in [0.29, 0.717) is 5.75 Å². The maximum absolute atomic E-state index is 13.6. The number of carbonyl (C=O) groups excluding carboxylic acids is 1. The zero-order chi connectivity index (χ0) is 23.3. The van der Waals surface area contributed by atoms with E-state index in [1.54, 1.807) is 0 Å². The summed E-state index contributed by atoms with van der Waals surface area (Å²) < 4.78 is 34.5. The van der Waals surface area contributed by atoms with Crippen molar-refractivity contribution in [1.29, 1.82) is 0 Å². The molecule has 0 bridgehead atoms. The van der Waals surface area contributed by atoms with E-state index in [0.717, 1.165) is 42.1 Å². The number of amides is 1. The number of sulfonamides is 1. The summed E-state index contributed by atoms with van der Waals surface area (Å²) in [7, 11) is -2.45. The fourth-order valence-electron chi connectivity index (χ4n) is 4.01. The van der Waals surface area contributed by atoms with Crippen LogP contribution < -0.4 is 10.1 Å². The molecule has 0 spiro atoms. The van der Waals surface area contributed by atoms with Crippen LogP contribution in [0.1, 0.15) is 50.6 Å². The minimum atomic E-state index is -3.93. The van der Waals surface area contributed by atoms with Crippen molar-refractivity contribution in [2.45, 2.75) is 56.0 Å². The minimum Gasteiger partial charge on any atom is -0.495 e. The first-order valence-electron chi connectivity index (χ1n) is 10.6. The number of hydrogen-bond acceptors (Lipinski definition) is 4. The fourth-order valence-corrected chi connectivity index (χ4v) is 6.42. The SMILES string of the molecule is COc1ccc(S(=O)(=O)N(CC(=O)NC(C)c2cccc(Br)c2)C2CCCCC2)cc1Cl. The lowest BCUT2D eigenvalue weighted by Gasteiger charge is -2.33. The Hall–Kier alpha value is -1.61. The third-order valence-electron chi connectivity index (χ3n) is 5.74. The van der Waals surface area contributed by atoms with Crippen molar-refractivity contribution in [1.82, 2.24) is 9.62 Å². The summed E-state index contributed by atoms with van der Waals surface area (Å²) in [5.74, 6) is 0.0571. The topological polar surface area (TPSA) is 75.7 Å². The highest BCUT2D eigenvalue weighted by Crippen LogP contribution is 2.32. The first kappa shape index (κ1) is 25.0. The number of methoxy groups -OCH3 is 1. The molecule has 9 heteroatoms. The Kier molecular flexibility index (Phi) is 8.61. The maximum Gasteiger partial charge on any atom is 0.243 e. The highest BCUT2D eigenvalue weighted by molar-refractivity contribution is 9.10. The predicted molar refractivity (Wildman–Crippen MR) is 129 cm³/mol. The Bertz CT molecular complexity index is 1060. The molecule has 174 valence electrons. The molecule has 0 radical (unpaired) electrons. The number of rotatable bonds is 8. The van der Waals surface area contributed by atoms with E-state index in [9.17, 15) is 13.2 Å². The molecule has 0 heterocycles. The normalized spacial score (nSPS) is 16.0. The van der Waals surface area contributed by atoms with Crippen molar-refractivity contribution in [3.8, 4) is 5.75 Å². The van der Waals surface area contributed by atoms with Gasteiger partial charge in [-0.05, 0) is 55.7 Å². The summed E-state index contributed by atoms with van der Waals surface area (Å²) in [6.45, 7) is 1.64. The quantitative estimate of drug-likeness (QED) is 0.489. The van der Waals surface area contributed by atoms with Crippen LogP contribution in [0.15, 0.2) is 51.8 Å². The number of hydrogen-bond donors (Lipinski definition) is 1. The van der Waals surface area contributed by atoms with Gasteiger partial charge < -0.3 is 10.1 Å². The van der Waals surface area contributed by atoms with Gasteiger partial charge in [0.05, 0.1) is 29.6 Å². The average Bonchev–Trinajstić information content (AvgIpc) is 2.77. The van der Waals surface area contributed by atoms with E-state index in [-0.39, 0.29) is 34.5 Å².